The van der Waals surface area contributed by atoms with Gasteiger partial charge in [0.2, 0.25) is 6.04 Å². The summed E-state index contributed by atoms with van der Waals surface area (Å²) in [5.41, 5.74) is 6.41. The predicted octanol–water partition coefficient (Wildman–Crippen LogP) is 1.25. The molecule has 0 bridgehead atoms. The lowest BCUT2D eigenvalue weighted by Gasteiger charge is -2.07. The van der Waals surface area contributed by atoms with Crippen molar-refractivity contribution in [2.45, 2.75) is 6.04 Å². The molecular formula is C9H10N2O3. The van der Waals surface area contributed by atoms with Crippen molar-refractivity contribution in [3.8, 4) is 0 Å². The maximum absolute atomic E-state index is 11.1. The van der Waals surface area contributed by atoms with E-state index in [1.54, 1.807) is 18.2 Å². The van der Waals surface area contributed by atoms with Gasteiger partial charge in [-0.05, 0) is 22.9 Å². The number of nitroso groups, excluding NO2 is 1. The number of esters is 1. The number of anilines is 1. The van der Waals surface area contributed by atoms with Gasteiger partial charge in [-0.1, -0.05) is 12.1 Å². The summed E-state index contributed by atoms with van der Waals surface area (Å²) in [6, 6.07) is 5.28. The minimum Gasteiger partial charge on any atom is -0.467 e. The van der Waals surface area contributed by atoms with Gasteiger partial charge in [0, 0.05) is 5.69 Å². The van der Waals surface area contributed by atoms with Crippen molar-refractivity contribution in [3.63, 3.8) is 0 Å². The number of methoxy groups -OCH3 is 1. The lowest BCUT2D eigenvalue weighted by atomic mass is 10.1. The van der Waals surface area contributed by atoms with Crippen LogP contribution < -0.4 is 5.73 Å². The molecule has 0 amide bonds. The first-order chi connectivity index (χ1) is 6.69. The molecule has 5 heteroatoms. The second kappa shape index (κ2) is 4.36. The largest absolute Gasteiger partial charge is 0.467 e. The van der Waals surface area contributed by atoms with E-state index in [1.807, 2.05) is 0 Å². The fraction of sp³-hybridized carbons (Fsp3) is 0.222. The SMILES string of the molecule is COC(=O)C(N=O)c1cccc(N)c1. The van der Waals surface area contributed by atoms with Crippen LogP contribution in [0.1, 0.15) is 11.6 Å². The Morgan fingerprint density at radius 2 is 2.29 bits per heavy atom. The number of nitrogens with zero attached hydrogens (tertiary/aromatic N) is 1. The Balaban J connectivity index is 3.00. The molecule has 0 saturated carbocycles. The van der Waals surface area contributed by atoms with Gasteiger partial charge in [-0.3, -0.25) is 0 Å². The van der Waals surface area contributed by atoms with Crippen molar-refractivity contribution in [2.24, 2.45) is 5.18 Å². The molecule has 0 saturated heterocycles. The van der Waals surface area contributed by atoms with Gasteiger partial charge >= 0.3 is 5.97 Å². The van der Waals surface area contributed by atoms with E-state index in [2.05, 4.69) is 9.91 Å². The van der Waals surface area contributed by atoms with Gasteiger partial charge < -0.3 is 10.5 Å². The van der Waals surface area contributed by atoms with Crippen LogP contribution >= 0.6 is 0 Å². The highest BCUT2D eigenvalue weighted by Gasteiger charge is 2.21. The fourth-order valence-corrected chi connectivity index (χ4v) is 1.08. The molecular weight excluding hydrogens is 184 g/mol. The summed E-state index contributed by atoms with van der Waals surface area (Å²) in [4.78, 5) is 21.5. The maximum atomic E-state index is 11.1. The zero-order valence-electron chi connectivity index (χ0n) is 7.64. The van der Waals surface area contributed by atoms with Crippen LogP contribution in [0.3, 0.4) is 0 Å². The first kappa shape index (κ1) is 10.2. The van der Waals surface area contributed by atoms with Crippen LogP contribution in [0.5, 0.6) is 0 Å². The molecule has 1 aromatic rings. The monoisotopic (exact) mass is 194 g/mol. The molecule has 0 fully saturated rings. The third-order valence-electron chi connectivity index (χ3n) is 1.76. The van der Waals surface area contributed by atoms with E-state index in [1.165, 1.54) is 13.2 Å². The fourth-order valence-electron chi connectivity index (χ4n) is 1.08. The number of hydrogen-bond acceptors (Lipinski definition) is 5. The minimum absolute atomic E-state index is 0.437. The summed E-state index contributed by atoms with van der Waals surface area (Å²) in [6.45, 7) is 0. The van der Waals surface area contributed by atoms with Gasteiger partial charge in [-0.2, -0.15) is 0 Å². The van der Waals surface area contributed by atoms with Crippen molar-refractivity contribution >= 4 is 11.7 Å². The summed E-state index contributed by atoms with van der Waals surface area (Å²) in [7, 11) is 1.20. The van der Waals surface area contributed by atoms with E-state index in [0.717, 1.165) is 0 Å². The Kier molecular flexibility index (Phi) is 3.17. The van der Waals surface area contributed by atoms with Crippen molar-refractivity contribution in [1.29, 1.82) is 0 Å². The Bertz CT molecular complexity index is 352. The summed E-state index contributed by atoms with van der Waals surface area (Å²) >= 11 is 0. The summed E-state index contributed by atoms with van der Waals surface area (Å²) in [5.74, 6) is -0.689. The highest BCUT2D eigenvalue weighted by Crippen LogP contribution is 2.20. The van der Waals surface area contributed by atoms with Gasteiger partial charge in [0.25, 0.3) is 0 Å². The van der Waals surface area contributed by atoms with E-state index < -0.39 is 12.0 Å². The standard InChI is InChI=1S/C9H10N2O3/c1-14-9(12)8(11-13)6-3-2-4-7(10)5-6/h2-5,8H,10H2,1H3. The lowest BCUT2D eigenvalue weighted by molar-refractivity contribution is -0.142. The van der Waals surface area contributed by atoms with Crippen LogP contribution in [0.25, 0.3) is 0 Å². The number of rotatable bonds is 3. The number of nitrogen functional groups attached to an aromatic ring is 1. The summed E-state index contributed by atoms with van der Waals surface area (Å²) < 4.78 is 4.42. The molecule has 1 aromatic carbocycles. The topological polar surface area (TPSA) is 81.8 Å². The van der Waals surface area contributed by atoms with Crippen molar-refractivity contribution < 1.29 is 9.53 Å². The normalized spacial score (nSPS) is 11.8. The molecule has 0 radical (unpaired) electrons. The van der Waals surface area contributed by atoms with E-state index in [0.29, 0.717) is 11.3 Å². The Morgan fingerprint density at radius 3 is 2.79 bits per heavy atom. The molecule has 0 heterocycles. The van der Waals surface area contributed by atoms with Gasteiger partial charge in [-0.15, -0.1) is 4.91 Å². The second-order valence-corrected chi connectivity index (χ2v) is 2.70. The number of nitrogens with two attached hydrogens (primary N) is 1. The molecule has 0 aliphatic heterocycles. The van der Waals surface area contributed by atoms with E-state index in [9.17, 15) is 9.70 Å². The van der Waals surface area contributed by atoms with Crippen molar-refractivity contribution in [3.05, 3.63) is 34.7 Å². The molecule has 0 aliphatic carbocycles. The highest BCUT2D eigenvalue weighted by atomic mass is 16.5. The smallest absolute Gasteiger partial charge is 0.338 e. The Labute approximate surface area is 80.8 Å². The van der Waals surface area contributed by atoms with Gasteiger partial charge in [-0.25, -0.2) is 4.79 Å². The predicted molar refractivity (Wildman–Crippen MR) is 51.4 cm³/mol. The van der Waals surface area contributed by atoms with Crippen LogP contribution in [-0.2, 0) is 9.53 Å². The van der Waals surface area contributed by atoms with Crippen LogP contribution in [0.2, 0.25) is 0 Å². The summed E-state index contributed by atoms with van der Waals surface area (Å²) in [6.07, 6.45) is 0. The second-order valence-electron chi connectivity index (χ2n) is 2.70. The van der Waals surface area contributed by atoms with Crippen LogP contribution in [-0.4, -0.2) is 13.1 Å². The number of carbonyl (C=O) groups is 1. The quantitative estimate of drug-likeness (QED) is 0.446. The van der Waals surface area contributed by atoms with Gasteiger partial charge in [0.05, 0.1) is 7.11 Å². The average Bonchev–Trinajstić information content (AvgIpc) is 2.19. The molecule has 1 atom stereocenters. The molecule has 0 spiro atoms. The molecule has 0 aliphatic rings. The van der Waals surface area contributed by atoms with E-state index in [-0.39, 0.29) is 0 Å². The lowest BCUT2D eigenvalue weighted by Crippen LogP contribution is -2.11. The minimum atomic E-state index is -1.14. The zero-order chi connectivity index (χ0) is 10.6. The Morgan fingerprint density at radius 1 is 1.57 bits per heavy atom. The molecule has 0 aromatic heterocycles. The van der Waals surface area contributed by atoms with Gasteiger partial charge in [0.15, 0.2) is 0 Å². The summed E-state index contributed by atoms with van der Waals surface area (Å²) in [5, 5.41) is 2.69. The molecule has 1 unspecified atom stereocenters. The van der Waals surface area contributed by atoms with E-state index in [4.69, 9.17) is 5.73 Å². The molecule has 5 nitrogen and oxygen atoms in total. The van der Waals surface area contributed by atoms with Crippen LogP contribution in [0.4, 0.5) is 5.69 Å². The van der Waals surface area contributed by atoms with Crippen LogP contribution in [0, 0.1) is 4.91 Å². The van der Waals surface area contributed by atoms with E-state index >= 15 is 0 Å². The maximum Gasteiger partial charge on any atom is 0.338 e. The zero-order valence-corrected chi connectivity index (χ0v) is 7.64. The van der Waals surface area contributed by atoms with Crippen molar-refractivity contribution in [1.82, 2.24) is 0 Å². The average molecular weight is 194 g/mol. The Hall–Kier alpha value is -1.91. The number of benzene rings is 1. The highest BCUT2D eigenvalue weighted by molar-refractivity contribution is 5.78. The molecule has 1 rings (SSSR count). The molecule has 2 N–H and O–H groups in total. The molecule has 74 valence electrons. The van der Waals surface area contributed by atoms with Crippen molar-refractivity contribution in [2.75, 3.05) is 12.8 Å². The number of ether oxygens (including phenoxy) is 1. The first-order valence-electron chi connectivity index (χ1n) is 3.94. The van der Waals surface area contributed by atoms with Crippen LogP contribution in [0.15, 0.2) is 29.4 Å². The first-order valence-corrected chi connectivity index (χ1v) is 3.94. The van der Waals surface area contributed by atoms with Gasteiger partial charge in [0.1, 0.15) is 0 Å². The third kappa shape index (κ3) is 2.07. The number of hydrogen-bond donors (Lipinski definition) is 1. The molecule has 14 heavy (non-hydrogen) atoms. The third-order valence-corrected chi connectivity index (χ3v) is 1.76. The number of carbonyl (C=O) groups excluding carboxylic acids is 1.